The van der Waals surface area contributed by atoms with Crippen molar-refractivity contribution in [3.8, 4) is 22.8 Å². The van der Waals surface area contributed by atoms with Gasteiger partial charge < -0.3 is 5.32 Å². The van der Waals surface area contributed by atoms with Crippen LogP contribution in [0.5, 0.6) is 0 Å². The summed E-state index contributed by atoms with van der Waals surface area (Å²) in [5.41, 5.74) is 6.14. The largest absolute Gasteiger partial charge is 0.356 e. The molecule has 0 fully saturated rings. The van der Waals surface area contributed by atoms with E-state index in [0.717, 1.165) is 54.6 Å². The number of hydrogen-bond acceptors (Lipinski definition) is 8. The number of rotatable bonds is 8. The van der Waals surface area contributed by atoms with Crippen LogP contribution in [-0.4, -0.2) is 37.6 Å². The first kappa shape index (κ1) is 25.3. The highest BCUT2D eigenvalue weighted by Crippen LogP contribution is 2.28. The van der Waals surface area contributed by atoms with E-state index in [1.807, 2.05) is 73.2 Å². The Balaban J connectivity index is 1.24. The summed E-state index contributed by atoms with van der Waals surface area (Å²) >= 11 is 4.75. The molecule has 3 aromatic heterocycles. The zero-order chi connectivity index (χ0) is 26.6. The van der Waals surface area contributed by atoms with Crippen LogP contribution in [0.4, 0.5) is 5.13 Å². The average Bonchev–Trinajstić information content (AvgIpc) is 3.72. The van der Waals surface area contributed by atoms with Gasteiger partial charge in [0.2, 0.25) is 4.80 Å². The average molecular weight is 568 g/mol. The van der Waals surface area contributed by atoms with Crippen molar-refractivity contribution >= 4 is 56.3 Å². The molecule has 1 N–H and O–H groups in total. The minimum absolute atomic E-state index is 0.540. The summed E-state index contributed by atoms with van der Waals surface area (Å²) in [5, 5.41) is 18.5. The van der Waals surface area contributed by atoms with Crippen molar-refractivity contribution in [1.29, 1.82) is 0 Å². The number of aromatic nitrogens is 4. The van der Waals surface area contributed by atoms with Gasteiger partial charge in [-0.1, -0.05) is 72.4 Å². The summed E-state index contributed by atoms with van der Waals surface area (Å²) in [7, 11) is 0. The predicted molar refractivity (Wildman–Crippen MR) is 165 cm³/mol. The molecule has 39 heavy (non-hydrogen) atoms. The van der Waals surface area contributed by atoms with Gasteiger partial charge in [-0.05, 0) is 43.0 Å². The molecule has 0 spiro atoms. The lowest BCUT2D eigenvalue weighted by Crippen LogP contribution is -2.15. The first-order valence-electron chi connectivity index (χ1n) is 12.3. The van der Waals surface area contributed by atoms with Crippen LogP contribution >= 0.6 is 34.4 Å². The highest BCUT2D eigenvalue weighted by molar-refractivity contribution is 7.98. The number of hydrogen-bond donors (Lipinski definition) is 1. The van der Waals surface area contributed by atoms with Gasteiger partial charge in [-0.15, -0.1) is 27.8 Å². The van der Waals surface area contributed by atoms with Crippen LogP contribution < -0.4 is 10.1 Å². The first-order valence-corrected chi connectivity index (χ1v) is 15.3. The van der Waals surface area contributed by atoms with E-state index >= 15 is 0 Å². The molecular weight excluding hydrogens is 543 g/mol. The fraction of sp³-hybridized carbons (Fsp3) is 0.103. The van der Waals surface area contributed by atoms with E-state index in [1.54, 1.807) is 34.4 Å². The molecule has 7 nitrogen and oxygen atoms in total. The molecule has 0 aliphatic rings. The van der Waals surface area contributed by atoms with Crippen LogP contribution in [-0.2, 0) is 0 Å². The third-order valence-electron chi connectivity index (χ3n) is 6.03. The number of anilines is 1. The molecule has 10 heteroatoms. The normalized spacial score (nSPS) is 12.4. The molecule has 0 aliphatic heterocycles. The highest BCUT2D eigenvalue weighted by atomic mass is 32.2. The number of thioether (sulfide) groups is 1. The molecule has 6 aromatic rings. The minimum atomic E-state index is 0.540. The Morgan fingerprint density at radius 1 is 0.872 bits per heavy atom. The number of imidazole rings is 1. The standard InChI is InChI=1S/C29H25N7S3/c1-20(17-30-27-32-26(19-38-27)36-24-16-10-9-15-23(24)31-28(36)37-2)33-34-29-35(22-13-7-4-8-14-22)25(18-39-29)21-11-5-3-6-12-21/h3-16,18-19H,17H2,1-2H3,(H,30,32)/b33-20+,34-29-. The van der Waals surface area contributed by atoms with Crippen molar-refractivity contribution in [2.24, 2.45) is 10.2 Å². The summed E-state index contributed by atoms with van der Waals surface area (Å²) in [6.45, 7) is 2.51. The lowest BCUT2D eigenvalue weighted by Gasteiger charge is -2.08. The Labute approximate surface area is 238 Å². The van der Waals surface area contributed by atoms with E-state index in [9.17, 15) is 0 Å². The third-order valence-corrected chi connectivity index (χ3v) is 8.27. The molecule has 0 bridgehead atoms. The SMILES string of the molecule is CSc1nc2ccccc2n1-c1csc(NC/C(C)=N/N=c2\scc(-c3ccccc3)n2-c2ccccc2)n1. The number of nitrogens with zero attached hydrogens (tertiary/aromatic N) is 6. The van der Waals surface area contributed by atoms with E-state index in [2.05, 4.69) is 60.4 Å². The molecule has 194 valence electrons. The molecule has 0 unspecified atom stereocenters. The zero-order valence-electron chi connectivity index (χ0n) is 21.4. The second-order valence-electron chi connectivity index (χ2n) is 8.66. The van der Waals surface area contributed by atoms with E-state index in [4.69, 9.17) is 9.97 Å². The fourth-order valence-electron chi connectivity index (χ4n) is 4.20. The summed E-state index contributed by atoms with van der Waals surface area (Å²) in [4.78, 5) is 10.4. The van der Waals surface area contributed by atoms with Crippen LogP contribution in [0, 0.1) is 0 Å². The number of fused-ring (bicyclic) bond motifs is 1. The first-order chi connectivity index (χ1) is 19.2. The van der Waals surface area contributed by atoms with Gasteiger partial charge in [0.25, 0.3) is 0 Å². The molecule has 6 rings (SSSR count). The van der Waals surface area contributed by atoms with E-state index < -0.39 is 0 Å². The summed E-state index contributed by atoms with van der Waals surface area (Å²) in [6.07, 6.45) is 2.03. The Bertz CT molecular complexity index is 1810. The van der Waals surface area contributed by atoms with Crippen molar-refractivity contribution in [2.45, 2.75) is 12.1 Å². The lowest BCUT2D eigenvalue weighted by atomic mass is 10.1. The third kappa shape index (κ3) is 5.31. The van der Waals surface area contributed by atoms with Gasteiger partial charge in [0.05, 0.1) is 29.0 Å². The smallest absolute Gasteiger partial charge is 0.215 e. The van der Waals surface area contributed by atoms with Crippen molar-refractivity contribution in [2.75, 3.05) is 18.1 Å². The fourth-order valence-corrected chi connectivity index (χ4v) is 6.29. The van der Waals surface area contributed by atoms with Crippen LogP contribution in [0.2, 0.25) is 0 Å². The van der Waals surface area contributed by atoms with E-state index in [-0.39, 0.29) is 0 Å². The van der Waals surface area contributed by atoms with Gasteiger partial charge in [0, 0.05) is 16.4 Å². The van der Waals surface area contributed by atoms with E-state index in [1.165, 1.54) is 0 Å². The van der Waals surface area contributed by atoms with Crippen LogP contribution in [0.1, 0.15) is 6.92 Å². The number of nitrogens with one attached hydrogen (secondary N) is 1. The summed E-state index contributed by atoms with van der Waals surface area (Å²) in [6, 6.07) is 28.7. The van der Waals surface area contributed by atoms with Crippen molar-refractivity contribution in [1.82, 2.24) is 19.1 Å². The molecule has 0 saturated heterocycles. The quantitative estimate of drug-likeness (QED) is 0.121. The van der Waals surface area contributed by atoms with Gasteiger partial charge in [-0.3, -0.25) is 9.13 Å². The van der Waals surface area contributed by atoms with Gasteiger partial charge in [-0.2, -0.15) is 5.10 Å². The Morgan fingerprint density at radius 3 is 2.41 bits per heavy atom. The maximum atomic E-state index is 4.82. The molecule has 0 atom stereocenters. The van der Waals surface area contributed by atoms with Crippen molar-refractivity contribution < 1.29 is 0 Å². The molecule has 0 radical (unpaired) electrons. The molecule has 0 amide bonds. The van der Waals surface area contributed by atoms with Crippen LogP contribution in [0.25, 0.3) is 33.8 Å². The second kappa shape index (κ2) is 11.4. The van der Waals surface area contributed by atoms with Gasteiger partial charge in [-0.25, -0.2) is 9.97 Å². The number of thiazole rings is 2. The van der Waals surface area contributed by atoms with Crippen LogP contribution in [0.15, 0.2) is 111 Å². The minimum Gasteiger partial charge on any atom is -0.356 e. The monoisotopic (exact) mass is 567 g/mol. The van der Waals surface area contributed by atoms with Crippen molar-refractivity contribution in [3.63, 3.8) is 0 Å². The number of para-hydroxylation sites is 3. The van der Waals surface area contributed by atoms with E-state index in [0.29, 0.717) is 6.54 Å². The predicted octanol–water partition coefficient (Wildman–Crippen LogP) is 7.11. The summed E-state index contributed by atoms with van der Waals surface area (Å²) < 4.78 is 4.25. The number of benzene rings is 3. The summed E-state index contributed by atoms with van der Waals surface area (Å²) in [5.74, 6) is 0.857. The molecular formula is C29H25N7S3. The Kier molecular flexibility index (Phi) is 7.40. The highest BCUT2D eigenvalue weighted by Gasteiger charge is 2.14. The molecule has 3 heterocycles. The lowest BCUT2D eigenvalue weighted by molar-refractivity contribution is 0.897. The van der Waals surface area contributed by atoms with Gasteiger partial charge in [0.1, 0.15) is 0 Å². The van der Waals surface area contributed by atoms with Gasteiger partial charge in [0.15, 0.2) is 16.1 Å². The van der Waals surface area contributed by atoms with Gasteiger partial charge >= 0.3 is 0 Å². The maximum absolute atomic E-state index is 4.82. The molecule has 0 aliphatic carbocycles. The zero-order valence-corrected chi connectivity index (χ0v) is 23.8. The second-order valence-corrected chi connectivity index (χ2v) is 11.1. The maximum Gasteiger partial charge on any atom is 0.215 e. The van der Waals surface area contributed by atoms with Crippen LogP contribution in [0.3, 0.4) is 0 Å². The topological polar surface area (TPSA) is 72.4 Å². The Hall–Kier alpha value is -3.99. The molecule has 3 aromatic carbocycles. The Morgan fingerprint density at radius 2 is 1.62 bits per heavy atom. The van der Waals surface area contributed by atoms with Crippen molar-refractivity contribution in [3.05, 3.63) is 100 Å². The molecule has 0 saturated carbocycles.